The molecule has 0 saturated carbocycles. The van der Waals surface area contributed by atoms with Gasteiger partial charge < -0.3 is 19.1 Å². The van der Waals surface area contributed by atoms with E-state index in [0.29, 0.717) is 12.1 Å². The van der Waals surface area contributed by atoms with E-state index < -0.39 is 11.9 Å². The lowest BCUT2D eigenvalue weighted by Crippen LogP contribution is -2.50. The third kappa shape index (κ3) is 7.99. The first-order valence-electron chi connectivity index (χ1n) is 4.59. The van der Waals surface area contributed by atoms with Crippen LogP contribution in [0.5, 0.6) is 0 Å². The minimum absolute atomic E-state index is 0. The third-order valence-corrected chi connectivity index (χ3v) is 1.84. The summed E-state index contributed by atoms with van der Waals surface area (Å²) >= 11 is 0. The minimum Gasteiger partial charge on any atom is -0.544 e. The van der Waals surface area contributed by atoms with Crippen LogP contribution in [0.25, 0.3) is 0 Å². The van der Waals surface area contributed by atoms with Crippen LogP contribution in [-0.2, 0) is 14.3 Å². The first-order chi connectivity index (χ1) is 6.74. The van der Waals surface area contributed by atoms with Crippen LogP contribution in [0.15, 0.2) is 12.2 Å². The van der Waals surface area contributed by atoms with Crippen LogP contribution in [0.1, 0.15) is 14.4 Å². The van der Waals surface area contributed by atoms with Gasteiger partial charge in [-0.15, -0.1) is 0 Å². The SMILES string of the molecule is C.C=C(C)C(=O)OCC[N+](C)(C)CC(=O)[O-]. The standard InChI is InChI=1S/C10H17NO4.CH4/c1-8(2)10(14)15-6-5-11(3,4)7-9(12)13;/h1,5-7H2,2-4H3;1H4. The molecular formula is C11H21NO4. The zero-order valence-electron chi connectivity index (χ0n) is 9.41. The number of ether oxygens (including phenoxy) is 1. The molecule has 5 nitrogen and oxygen atoms in total. The number of rotatable bonds is 6. The van der Waals surface area contributed by atoms with Crippen molar-refractivity contribution in [3.8, 4) is 0 Å². The lowest BCUT2D eigenvalue weighted by Gasteiger charge is -2.29. The summed E-state index contributed by atoms with van der Waals surface area (Å²) in [5.41, 5.74) is 0.334. The second-order valence-corrected chi connectivity index (χ2v) is 4.11. The summed E-state index contributed by atoms with van der Waals surface area (Å²) in [6.45, 7) is 5.48. The van der Waals surface area contributed by atoms with E-state index in [9.17, 15) is 14.7 Å². The third-order valence-electron chi connectivity index (χ3n) is 1.84. The fourth-order valence-electron chi connectivity index (χ4n) is 0.937. The first-order valence-corrected chi connectivity index (χ1v) is 4.59. The molecule has 0 aromatic heterocycles. The summed E-state index contributed by atoms with van der Waals surface area (Å²) in [5, 5.41) is 10.4. The van der Waals surface area contributed by atoms with E-state index in [-0.39, 0.29) is 25.1 Å². The lowest BCUT2D eigenvalue weighted by atomic mass is 10.4. The van der Waals surface area contributed by atoms with E-state index in [1.54, 1.807) is 21.0 Å². The Morgan fingerprint density at radius 2 is 1.88 bits per heavy atom. The molecule has 0 amide bonds. The molecule has 0 radical (unpaired) electrons. The van der Waals surface area contributed by atoms with Gasteiger partial charge in [0.1, 0.15) is 19.7 Å². The predicted molar refractivity (Wildman–Crippen MR) is 59.4 cm³/mol. The highest BCUT2D eigenvalue weighted by molar-refractivity contribution is 5.86. The first kappa shape index (κ1) is 17.0. The Labute approximate surface area is 96.9 Å². The molecule has 0 N–H and O–H groups in total. The van der Waals surface area contributed by atoms with E-state index in [2.05, 4.69) is 6.58 Å². The Kier molecular flexibility index (Phi) is 7.46. The van der Waals surface area contributed by atoms with Crippen molar-refractivity contribution in [3.05, 3.63) is 12.2 Å². The number of carboxylic acid groups (broad SMARTS) is 1. The van der Waals surface area contributed by atoms with Gasteiger partial charge in [0.2, 0.25) is 0 Å². The number of carbonyl (C=O) groups excluding carboxylic acids is 2. The smallest absolute Gasteiger partial charge is 0.333 e. The highest BCUT2D eigenvalue weighted by Gasteiger charge is 2.16. The van der Waals surface area contributed by atoms with Crippen LogP contribution in [0.4, 0.5) is 0 Å². The fraction of sp³-hybridized carbons (Fsp3) is 0.636. The molecule has 0 fully saturated rings. The molecule has 0 bridgehead atoms. The maximum absolute atomic E-state index is 11.0. The molecule has 0 unspecified atom stereocenters. The van der Waals surface area contributed by atoms with Crippen molar-refractivity contribution >= 4 is 11.9 Å². The van der Waals surface area contributed by atoms with Crippen LogP contribution in [0.3, 0.4) is 0 Å². The van der Waals surface area contributed by atoms with Crippen molar-refractivity contribution in [2.75, 3.05) is 33.8 Å². The summed E-state index contributed by atoms with van der Waals surface area (Å²) in [4.78, 5) is 21.4. The van der Waals surface area contributed by atoms with Gasteiger partial charge in [-0.25, -0.2) is 4.79 Å². The number of esters is 1. The van der Waals surface area contributed by atoms with Gasteiger partial charge in [0, 0.05) is 5.57 Å². The second kappa shape index (κ2) is 7.00. The fourth-order valence-corrected chi connectivity index (χ4v) is 0.937. The molecule has 0 aliphatic heterocycles. The average molecular weight is 231 g/mol. The number of nitrogens with zero attached hydrogens (tertiary/aromatic N) is 1. The molecule has 0 aliphatic rings. The van der Waals surface area contributed by atoms with Gasteiger partial charge in [-0.1, -0.05) is 14.0 Å². The number of hydrogen-bond donors (Lipinski definition) is 0. The zero-order valence-corrected chi connectivity index (χ0v) is 9.41. The van der Waals surface area contributed by atoms with Gasteiger partial charge in [0.15, 0.2) is 0 Å². The lowest BCUT2D eigenvalue weighted by molar-refractivity contribution is -0.884. The van der Waals surface area contributed by atoms with Crippen LogP contribution in [0.2, 0.25) is 0 Å². The van der Waals surface area contributed by atoms with E-state index in [1.807, 2.05) is 0 Å². The van der Waals surface area contributed by atoms with E-state index >= 15 is 0 Å². The van der Waals surface area contributed by atoms with Crippen LogP contribution >= 0.6 is 0 Å². The summed E-state index contributed by atoms with van der Waals surface area (Å²) in [6.07, 6.45) is 0. The number of hydrogen-bond acceptors (Lipinski definition) is 4. The van der Waals surface area contributed by atoms with Crippen LogP contribution in [-0.4, -0.2) is 50.2 Å². The van der Waals surface area contributed by atoms with Crippen molar-refractivity contribution in [1.82, 2.24) is 0 Å². The van der Waals surface area contributed by atoms with Gasteiger partial charge in [-0.05, 0) is 6.92 Å². The molecule has 0 saturated heterocycles. The van der Waals surface area contributed by atoms with Crippen molar-refractivity contribution in [2.45, 2.75) is 14.4 Å². The largest absolute Gasteiger partial charge is 0.544 e. The summed E-state index contributed by atoms with van der Waals surface area (Å²) in [6, 6.07) is 0. The van der Waals surface area contributed by atoms with Gasteiger partial charge in [0.05, 0.1) is 20.1 Å². The van der Waals surface area contributed by atoms with Crippen LogP contribution in [0, 0.1) is 0 Å². The molecule has 0 aliphatic carbocycles. The van der Waals surface area contributed by atoms with E-state index in [1.165, 1.54) is 0 Å². The highest BCUT2D eigenvalue weighted by Crippen LogP contribution is 1.97. The van der Waals surface area contributed by atoms with Gasteiger partial charge in [0.25, 0.3) is 0 Å². The average Bonchev–Trinajstić information content (AvgIpc) is 2.00. The Morgan fingerprint density at radius 3 is 2.25 bits per heavy atom. The summed E-state index contributed by atoms with van der Waals surface area (Å²) in [5.74, 6) is -1.57. The van der Waals surface area contributed by atoms with Crippen molar-refractivity contribution in [2.24, 2.45) is 0 Å². The van der Waals surface area contributed by atoms with Gasteiger partial charge in [-0.3, -0.25) is 0 Å². The summed E-state index contributed by atoms with van der Waals surface area (Å²) in [7, 11) is 3.45. The Hall–Kier alpha value is -1.36. The van der Waals surface area contributed by atoms with Crippen molar-refractivity contribution in [1.29, 1.82) is 0 Å². The van der Waals surface area contributed by atoms with Crippen molar-refractivity contribution in [3.63, 3.8) is 0 Å². The van der Waals surface area contributed by atoms with E-state index in [0.717, 1.165) is 0 Å². The molecule has 0 spiro atoms. The molecule has 94 valence electrons. The number of quaternary nitrogens is 1. The monoisotopic (exact) mass is 231 g/mol. The molecule has 0 rings (SSSR count). The Bertz CT molecular complexity index is 271. The highest BCUT2D eigenvalue weighted by atomic mass is 16.5. The topological polar surface area (TPSA) is 66.4 Å². The number of likely N-dealkylation sites (N-methyl/N-ethyl adjacent to an activating group) is 1. The molecule has 5 heteroatoms. The summed E-state index contributed by atoms with van der Waals surface area (Å²) < 4.78 is 5.07. The molecule has 16 heavy (non-hydrogen) atoms. The maximum atomic E-state index is 11.0. The Morgan fingerprint density at radius 1 is 1.38 bits per heavy atom. The normalized spacial score (nSPS) is 10.2. The maximum Gasteiger partial charge on any atom is 0.333 e. The van der Waals surface area contributed by atoms with Gasteiger partial charge in [-0.2, -0.15) is 0 Å². The quantitative estimate of drug-likeness (QED) is 0.353. The van der Waals surface area contributed by atoms with Crippen molar-refractivity contribution < 1.29 is 23.9 Å². The molecule has 0 heterocycles. The second-order valence-electron chi connectivity index (χ2n) is 4.11. The molecule has 0 aromatic carbocycles. The predicted octanol–water partition coefficient (Wildman–Crippen LogP) is -0.432. The molecule has 0 atom stereocenters. The van der Waals surface area contributed by atoms with Crippen LogP contribution < -0.4 is 5.11 Å². The van der Waals surface area contributed by atoms with E-state index in [4.69, 9.17) is 4.74 Å². The number of aliphatic carboxylic acids is 1. The number of carbonyl (C=O) groups is 2. The van der Waals surface area contributed by atoms with Gasteiger partial charge >= 0.3 is 5.97 Å². The molecular weight excluding hydrogens is 210 g/mol. The Balaban J connectivity index is 0. The number of carboxylic acids is 1. The zero-order chi connectivity index (χ0) is 12.1. The molecule has 0 aromatic rings. The minimum atomic E-state index is -1.12.